The van der Waals surface area contributed by atoms with Crippen LogP contribution in [0.2, 0.25) is 0 Å². The fourth-order valence-corrected chi connectivity index (χ4v) is 1.65. The van der Waals surface area contributed by atoms with E-state index in [1.54, 1.807) is 18.4 Å². The predicted octanol–water partition coefficient (Wildman–Crippen LogP) is 2.45. The lowest BCUT2D eigenvalue weighted by atomic mass is 10.1. The highest BCUT2D eigenvalue weighted by Gasteiger charge is 2.11. The first-order valence-corrected chi connectivity index (χ1v) is 5.24. The summed E-state index contributed by atoms with van der Waals surface area (Å²) in [4.78, 5) is 4.28. The van der Waals surface area contributed by atoms with Gasteiger partial charge in [-0.05, 0) is 24.3 Å². The zero-order valence-electron chi connectivity index (χ0n) is 9.22. The molecule has 3 aromatic rings. The van der Waals surface area contributed by atoms with Crippen molar-refractivity contribution in [2.75, 3.05) is 5.73 Å². The van der Waals surface area contributed by atoms with Gasteiger partial charge in [0.25, 0.3) is 0 Å². The highest BCUT2D eigenvalue weighted by molar-refractivity contribution is 5.72. The third-order valence-corrected chi connectivity index (χ3v) is 2.53. The van der Waals surface area contributed by atoms with Crippen LogP contribution in [0.25, 0.3) is 22.8 Å². The number of halogens is 1. The minimum atomic E-state index is -0.383. The molecule has 2 heterocycles. The van der Waals surface area contributed by atoms with Crippen LogP contribution in [0.5, 0.6) is 0 Å². The molecule has 3 rings (SSSR count). The van der Waals surface area contributed by atoms with E-state index in [-0.39, 0.29) is 5.82 Å². The van der Waals surface area contributed by atoms with E-state index in [1.807, 2.05) is 0 Å². The minimum Gasteiger partial charge on any atom is -0.472 e. The van der Waals surface area contributed by atoms with Gasteiger partial charge in [-0.1, -0.05) is 0 Å². The quantitative estimate of drug-likeness (QED) is 0.678. The number of anilines is 1. The summed E-state index contributed by atoms with van der Waals surface area (Å²) in [5.41, 5.74) is 7.42. The third-order valence-electron chi connectivity index (χ3n) is 2.53. The number of hydrogen-bond donors (Lipinski definition) is 2. The Morgan fingerprint density at radius 2 is 2.17 bits per heavy atom. The standard InChI is InChI=1S/C12H9FN4O/c13-8-1-2-9(10(14)5-8)12-15-11(16-17-12)7-3-4-18-6-7/h1-6H,14H2,(H,15,16,17). The van der Waals surface area contributed by atoms with E-state index < -0.39 is 0 Å². The molecule has 0 fully saturated rings. The van der Waals surface area contributed by atoms with Crippen molar-refractivity contribution in [1.82, 2.24) is 15.2 Å². The number of aromatic amines is 1. The molecule has 5 nitrogen and oxygen atoms in total. The number of rotatable bonds is 2. The van der Waals surface area contributed by atoms with E-state index in [0.717, 1.165) is 5.56 Å². The average molecular weight is 244 g/mol. The molecule has 0 unspecified atom stereocenters. The zero-order valence-corrected chi connectivity index (χ0v) is 9.22. The molecule has 0 amide bonds. The van der Waals surface area contributed by atoms with Gasteiger partial charge >= 0.3 is 0 Å². The Kier molecular flexibility index (Phi) is 2.33. The maximum atomic E-state index is 13.0. The number of nitrogens with two attached hydrogens (primary N) is 1. The van der Waals surface area contributed by atoms with Gasteiger partial charge in [0.2, 0.25) is 0 Å². The Morgan fingerprint density at radius 1 is 1.28 bits per heavy atom. The molecular formula is C12H9FN4O. The summed E-state index contributed by atoms with van der Waals surface area (Å²) in [6.45, 7) is 0. The first-order chi connectivity index (χ1) is 8.74. The molecular weight excluding hydrogens is 235 g/mol. The summed E-state index contributed by atoms with van der Waals surface area (Å²) in [6, 6.07) is 5.88. The Labute approximate surface area is 101 Å². The normalized spacial score (nSPS) is 10.7. The van der Waals surface area contributed by atoms with E-state index >= 15 is 0 Å². The monoisotopic (exact) mass is 244 g/mol. The number of H-pyrrole nitrogens is 1. The van der Waals surface area contributed by atoms with E-state index in [1.165, 1.54) is 18.4 Å². The van der Waals surface area contributed by atoms with Gasteiger partial charge in [-0.2, -0.15) is 5.10 Å². The SMILES string of the molecule is Nc1cc(F)ccc1-c1nc(-c2ccoc2)n[nH]1. The number of furan rings is 1. The van der Waals surface area contributed by atoms with Crippen molar-refractivity contribution in [2.45, 2.75) is 0 Å². The van der Waals surface area contributed by atoms with Gasteiger partial charge in [-0.3, -0.25) is 5.10 Å². The van der Waals surface area contributed by atoms with E-state index in [9.17, 15) is 4.39 Å². The molecule has 1 aromatic carbocycles. The van der Waals surface area contributed by atoms with Gasteiger partial charge in [0.05, 0.1) is 11.8 Å². The van der Waals surface area contributed by atoms with Gasteiger partial charge in [0.1, 0.15) is 12.1 Å². The summed E-state index contributed by atoms with van der Waals surface area (Å²) in [5, 5.41) is 6.82. The Hall–Kier alpha value is -2.63. The van der Waals surface area contributed by atoms with Gasteiger partial charge in [-0.15, -0.1) is 0 Å². The van der Waals surface area contributed by atoms with E-state index in [2.05, 4.69) is 15.2 Å². The van der Waals surface area contributed by atoms with Crippen LogP contribution in [0.3, 0.4) is 0 Å². The van der Waals surface area contributed by atoms with Crippen molar-refractivity contribution in [3.8, 4) is 22.8 Å². The second kappa shape index (κ2) is 3.99. The highest BCUT2D eigenvalue weighted by Crippen LogP contribution is 2.25. The van der Waals surface area contributed by atoms with Crippen LogP contribution in [0.4, 0.5) is 10.1 Å². The van der Waals surface area contributed by atoms with Crippen LogP contribution in [0.15, 0.2) is 41.2 Å². The molecule has 0 radical (unpaired) electrons. The second-order valence-electron chi connectivity index (χ2n) is 3.75. The molecule has 0 bridgehead atoms. The summed E-state index contributed by atoms with van der Waals surface area (Å²) >= 11 is 0. The first kappa shape index (κ1) is 10.5. The molecule has 0 aliphatic heterocycles. The van der Waals surface area contributed by atoms with E-state index in [4.69, 9.17) is 10.2 Å². The number of benzene rings is 1. The largest absolute Gasteiger partial charge is 0.472 e. The molecule has 6 heteroatoms. The van der Waals surface area contributed by atoms with Crippen LogP contribution in [0, 0.1) is 5.82 Å². The smallest absolute Gasteiger partial charge is 0.184 e. The molecule has 90 valence electrons. The molecule has 0 saturated carbocycles. The van der Waals surface area contributed by atoms with E-state index in [0.29, 0.717) is 22.9 Å². The molecule has 0 aliphatic carbocycles. The molecule has 18 heavy (non-hydrogen) atoms. The third kappa shape index (κ3) is 1.73. The molecule has 0 saturated heterocycles. The lowest BCUT2D eigenvalue weighted by molar-refractivity contribution is 0.568. The second-order valence-corrected chi connectivity index (χ2v) is 3.75. The van der Waals surface area contributed by atoms with Gasteiger partial charge in [-0.25, -0.2) is 9.37 Å². The molecule has 3 N–H and O–H groups in total. The number of nitrogen functional groups attached to an aromatic ring is 1. The number of aromatic nitrogens is 3. The molecule has 0 spiro atoms. The zero-order chi connectivity index (χ0) is 12.5. The lowest BCUT2D eigenvalue weighted by Crippen LogP contribution is -1.92. The minimum absolute atomic E-state index is 0.310. The maximum Gasteiger partial charge on any atom is 0.184 e. The predicted molar refractivity (Wildman–Crippen MR) is 63.9 cm³/mol. The van der Waals surface area contributed by atoms with Crippen LogP contribution in [-0.4, -0.2) is 15.2 Å². The fourth-order valence-electron chi connectivity index (χ4n) is 1.65. The van der Waals surface area contributed by atoms with Crippen molar-refractivity contribution in [1.29, 1.82) is 0 Å². The highest BCUT2D eigenvalue weighted by atomic mass is 19.1. The summed E-state index contributed by atoms with van der Waals surface area (Å²) in [5.74, 6) is 0.608. The summed E-state index contributed by atoms with van der Waals surface area (Å²) in [6.07, 6.45) is 3.08. The Balaban J connectivity index is 2.03. The Bertz CT molecular complexity index is 675. The first-order valence-electron chi connectivity index (χ1n) is 5.24. The number of nitrogens with zero attached hydrogens (tertiary/aromatic N) is 2. The fraction of sp³-hybridized carbons (Fsp3) is 0. The Morgan fingerprint density at radius 3 is 2.89 bits per heavy atom. The van der Waals surface area contributed by atoms with Crippen LogP contribution in [-0.2, 0) is 0 Å². The molecule has 0 atom stereocenters. The number of nitrogens with one attached hydrogen (secondary N) is 1. The summed E-state index contributed by atoms with van der Waals surface area (Å²) in [7, 11) is 0. The van der Waals surface area contributed by atoms with Gasteiger partial charge in [0.15, 0.2) is 11.6 Å². The van der Waals surface area contributed by atoms with Crippen molar-refractivity contribution < 1.29 is 8.81 Å². The average Bonchev–Trinajstić information content (AvgIpc) is 2.99. The maximum absolute atomic E-state index is 13.0. The van der Waals surface area contributed by atoms with Crippen molar-refractivity contribution in [3.63, 3.8) is 0 Å². The molecule has 2 aromatic heterocycles. The van der Waals surface area contributed by atoms with Gasteiger partial charge < -0.3 is 10.2 Å². The van der Waals surface area contributed by atoms with Gasteiger partial charge in [0, 0.05) is 11.3 Å². The van der Waals surface area contributed by atoms with Crippen LogP contribution in [0.1, 0.15) is 0 Å². The van der Waals surface area contributed by atoms with Crippen molar-refractivity contribution in [3.05, 3.63) is 42.6 Å². The topological polar surface area (TPSA) is 80.7 Å². The number of hydrogen-bond acceptors (Lipinski definition) is 4. The van der Waals surface area contributed by atoms with Crippen LogP contribution >= 0.6 is 0 Å². The lowest BCUT2D eigenvalue weighted by Gasteiger charge is -2.00. The van der Waals surface area contributed by atoms with Crippen LogP contribution < -0.4 is 5.73 Å². The summed E-state index contributed by atoms with van der Waals surface area (Å²) < 4.78 is 17.9. The van der Waals surface area contributed by atoms with Crippen molar-refractivity contribution in [2.24, 2.45) is 0 Å². The molecule has 0 aliphatic rings. The van der Waals surface area contributed by atoms with Crippen molar-refractivity contribution >= 4 is 5.69 Å².